The standard InChI is InChI=1S/C24H26N6/c25-14-21-18(8-5-12-26-21)15-30(16-23-28-19-9-1-2-10-20(19)29-23)22-11-3-6-17-7-4-13-27-24(17)22/h1-2,4-5,7-10,12-13,22H,3,6,11,14-16,25H2,(H,28,29). The molecule has 0 amide bonds. The molecule has 3 heterocycles. The zero-order chi connectivity index (χ0) is 20.3. The van der Waals surface area contributed by atoms with Crippen molar-refractivity contribution >= 4 is 11.0 Å². The molecular weight excluding hydrogens is 372 g/mol. The highest BCUT2D eigenvalue weighted by molar-refractivity contribution is 5.74. The molecule has 1 atom stereocenters. The van der Waals surface area contributed by atoms with E-state index in [0.717, 1.165) is 48.4 Å². The summed E-state index contributed by atoms with van der Waals surface area (Å²) in [6.45, 7) is 1.92. The Morgan fingerprint density at radius 1 is 1.00 bits per heavy atom. The average molecular weight is 399 g/mol. The molecule has 0 bridgehead atoms. The molecule has 1 aliphatic rings. The van der Waals surface area contributed by atoms with Crippen LogP contribution in [0, 0.1) is 0 Å². The first-order valence-corrected chi connectivity index (χ1v) is 10.6. The van der Waals surface area contributed by atoms with Gasteiger partial charge in [0, 0.05) is 25.5 Å². The molecule has 6 heteroatoms. The van der Waals surface area contributed by atoms with Gasteiger partial charge < -0.3 is 10.7 Å². The number of aromatic nitrogens is 4. The third-order valence-electron chi connectivity index (χ3n) is 5.95. The average Bonchev–Trinajstić information content (AvgIpc) is 3.21. The van der Waals surface area contributed by atoms with Crippen LogP contribution in [0.4, 0.5) is 0 Å². The van der Waals surface area contributed by atoms with Gasteiger partial charge in [0.2, 0.25) is 0 Å². The van der Waals surface area contributed by atoms with Gasteiger partial charge >= 0.3 is 0 Å². The van der Waals surface area contributed by atoms with Gasteiger partial charge in [-0.2, -0.15) is 0 Å². The van der Waals surface area contributed by atoms with E-state index < -0.39 is 0 Å². The van der Waals surface area contributed by atoms with Gasteiger partial charge in [-0.15, -0.1) is 0 Å². The van der Waals surface area contributed by atoms with Gasteiger partial charge in [-0.05, 0) is 54.7 Å². The van der Waals surface area contributed by atoms with Crippen LogP contribution >= 0.6 is 0 Å². The van der Waals surface area contributed by atoms with Crippen LogP contribution in [-0.4, -0.2) is 24.8 Å². The Morgan fingerprint density at radius 3 is 2.77 bits per heavy atom. The highest BCUT2D eigenvalue weighted by atomic mass is 15.2. The zero-order valence-electron chi connectivity index (χ0n) is 17.0. The molecule has 0 saturated carbocycles. The predicted octanol–water partition coefficient (Wildman–Crippen LogP) is 3.89. The van der Waals surface area contributed by atoms with E-state index in [2.05, 4.69) is 33.1 Å². The van der Waals surface area contributed by atoms with Crippen LogP contribution in [-0.2, 0) is 26.1 Å². The third kappa shape index (κ3) is 3.72. The SMILES string of the molecule is NCc1ncccc1CN(Cc1nc2ccccc2[nH]1)C1CCCc2cccnc21. The lowest BCUT2D eigenvalue weighted by molar-refractivity contribution is 0.153. The number of para-hydroxylation sites is 2. The fraction of sp³-hybridized carbons (Fsp3) is 0.292. The van der Waals surface area contributed by atoms with Crippen LogP contribution in [0.5, 0.6) is 0 Å². The van der Waals surface area contributed by atoms with Gasteiger partial charge in [0.25, 0.3) is 0 Å². The number of pyridine rings is 2. The van der Waals surface area contributed by atoms with E-state index in [0.29, 0.717) is 13.1 Å². The van der Waals surface area contributed by atoms with Crippen LogP contribution in [0.25, 0.3) is 11.0 Å². The van der Waals surface area contributed by atoms with Gasteiger partial charge in [0.15, 0.2) is 0 Å². The number of nitrogens with two attached hydrogens (primary N) is 1. The lowest BCUT2D eigenvalue weighted by Gasteiger charge is -2.35. The van der Waals surface area contributed by atoms with Crippen molar-refractivity contribution in [3.8, 4) is 0 Å². The summed E-state index contributed by atoms with van der Waals surface area (Å²) in [5, 5.41) is 0. The molecule has 3 N–H and O–H groups in total. The highest BCUT2D eigenvalue weighted by Gasteiger charge is 2.28. The molecule has 3 aromatic heterocycles. The summed E-state index contributed by atoms with van der Waals surface area (Å²) in [7, 11) is 0. The summed E-state index contributed by atoms with van der Waals surface area (Å²) >= 11 is 0. The third-order valence-corrected chi connectivity index (χ3v) is 5.95. The van der Waals surface area contributed by atoms with Crippen LogP contribution < -0.4 is 5.73 Å². The zero-order valence-corrected chi connectivity index (χ0v) is 17.0. The Balaban J connectivity index is 1.52. The summed E-state index contributed by atoms with van der Waals surface area (Å²) < 4.78 is 0. The number of imidazole rings is 1. The van der Waals surface area contributed by atoms with Crippen molar-refractivity contribution in [1.29, 1.82) is 0 Å². The van der Waals surface area contributed by atoms with Crippen LogP contribution in [0.15, 0.2) is 60.9 Å². The minimum atomic E-state index is 0.244. The number of hydrogen-bond acceptors (Lipinski definition) is 5. The second kappa shape index (κ2) is 8.34. The van der Waals surface area contributed by atoms with Gasteiger partial charge in [0.05, 0.1) is 35.0 Å². The highest BCUT2D eigenvalue weighted by Crippen LogP contribution is 2.34. The Labute approximate surface area is 176 Å². The molecule has 0 aliphatic heterocycles. The Hall–Kier alpha value is -3.09. The number of hydrogen-bond donors (Lipinski definition) is 2. The van der Waals surface area contributed by atoms with E-state index in [4.69, 9.17) is 15.7 Å². The van der Waals surface area contributed by atoms with E-state index in [1.54, 1.807) is 0 Å². The van der Waals surface area contributed by atoms with E-state index >= 15 is 0 Å². The number of rotatable bonds is 6. The summed E-state index contributed by atoms with van der Waals surface area (Å²) in [5.74, 6) is 0.970. The molecule has 6 nitrogen and oxygen atoms in total. The molecule has 1 unspecified atom stereocenters. The number of nitrogens with one attached hydrogen (secondary N) is 1. The van der Waals surface area contributed by atoms with Crippen molar-refractivity contribution < 1.29 is 0 Å². The number of H-pyrrole nitrogens is 1. The topological polar surface area (TPSA) is 83.7 Å². The number of benzene rings is 1. The van der Waals surface area contributed by atoms with Crippen molar-refractivity contribution in [2.24, 2.45) is 5.73 Å². The van der Waals surface area contributed by atoms with Gasteiger partial charge in [-0.3, -0.25) is 14.9 Å². The fourth-order valence-corrected chi connectivity index (χ4v) is 4.51. The van der Waals surface area contributed by atoms with Crippen LogP contribution in [0.1, 0.15) is 47.2 Å². The maximum atomic E-state index is 5.97. The Bertz CT molecular complexity index is 1120. The van der Waals surface area contributed by atoms with Crippen molar-refractivity contribution in [2.75, 3.05) is 0 Å². The largest absolute Gasteiger partial charge is 0.341 e. The minimum Gasteiger partial charge on any atom is -0.341 e. The molecule has 4 aromatic rings. The fourth-order valence-electron chi connectivity index (χ4n) is 4.51. The minimum absolute atomic E-state index is 0.244. The maximum absolute atomic E-state index is 5.97. The molecular formula is C24H26N6. The summed E-state index contributed by atoms with van der Waals surface area (Å²) in [4.78, 5) is 20.1. The molecule has 0 saturated heterocycles. The number of nitrogens with zero attached hydrogens (tertiary/aromatic N) is 4. The number of aromatic amines is 1. The smallest absolute Gasteiger partial charge is 0.121 e. The quantitative estimate of drug-likeness (QED) is 0.515. The van der Waals surface area contributed by atoms with Crippen molar-refractivity contribution in [3.05, 3.63) is 89.3 Å². The van der Waals surface area contributed by atoms with Crippen LogP contribution in [0.3, 0.4) is 0 Å². The second-order valence-corrected chi connectivity index (χ2v) is 7.87. The lowest BCUT2D eigenvalue weighted by atomic mass is 9.90. The molecule has 0 fully saturated rings. The van der Waals surface area contributed by atoms with Crippen molar-refractivity contribution in [3.63, 3.8) is 0 Å². The first-order chi connectivity index (χ1) is 14.8. The Kier molecular flexibility index (Phi) is 5.26. The molecule has 1 aromatic carbocycles. The van der Waals surface area contributed by atoms with Gasteiger partial charge in [0.1, 0.15) is 5.82 Å². The van der Waals surface area contributed by atoms with Crippen molar-refractivity contribution in [2.45, 2.75) is 44.9 Å². The first-order valence-electron chi connectivity index (χ1n) is 10.6. The van der Waals surface area contributed by atoms with Gasteiger partial charge in [-0.25, -0.2) is 4.98 Å². The first kappa shape index (κ1) is 18.9. The lowest BCUT2D eigenvalue weighted by Crippen LogP contribution is -2.32. The molecule has 152 valence electrons. The van der Waals surface area contributed by atoms with E-state index in [1.807, 2.05) is 42.7 Å². The number of aryl methyl sites for hydroxylation is 1. The molecule has 0 spiro atoms. The van der Waals surface area contributed by atoms with E-state index in [1.165, 1.54) is 16.8 Å². The van der Waals surface area contributed by atoms with Crippen LogP contribution in [0.2, 0.25) is 0 Å². The van der Waals surface area contributed by atoms with E-state index in [9.17, 15) is 0 Å². The summed E-state index contributed by atoms with van der Waals surface area (Å²) in [6, 6.07) is 16.8. The second-order valence-electron chi connectivity index (χ2n) is 7.87. The number of fused-ring (bicyclic) bond motifs is 2. The van der Waals surface area contributed by atoms with E-state index in [-0.39, 0.29) is 6.04 Å². The van der Waals surface area contributed by atoms with Gasteiger partial charge in [-0.1, -0.05) is 24.3 Å². The molecule has 1 aliphatic carbocycles. The maximum Gasteiger partial charge on any atom is 0.121 e. The molecule has 5 rings (SSSR count). The molecule has 0 radical (unpaired) electrons. The monoisotopic (exact) mass is 398 g/mol. The van der Waals surface area contributed by atoms with Crippen molar-refractivity contribution in [1.82, 2.24) is 24.8 Å². The predicted molar refractivity (Wildman–Crippen MR) is 117 cm³/mol. The normalized spacial score (nSPS) is 16.1. The Morgan fingerprint density at radius 2 is 1.87 bits per heavy atom. The summed E-state index contributed by atoms with van der Waals surface area (Å²) in [5.41, 5.74) is 12.7. The summed E-state index contributed by atoms with van der Waals surface area (Å²) in [6.07, 6.45) is 7.07. The molecule has 30 heavy (non-hydrogen) atoms.